The molecule has 0 unspecified atom stereocenters. The van der Waals surface area contributed by atoms with E-state index < -0.39 is 36.4 Å². The van der Waals surface area contributed by atoms with E-state index in [1.54, 1.807) is 12.1 Å². The smallest absolute Gasteiger partial charge is 0.303 e. The number of fused-ring (bicyclic) bond motifs is 1. The zero-order valence-corrected chi connectivity index (χ0v) is 34.7. The molecule has 1 saturated carbocycles. The summed E-state index contributed by atoms with van der Waals surface area (Å²) in [6, 6.07) is 14.1. The first-order valence-electron chi connectivity index (χ1n) is 21.5. The lowest BCUT2D eigenvalue weighted by Crippen LogP contribution is -2.54. The van der Waals surface area contributed by atoms with Crippen molar-refractivity contribution in [2.24, 2.45) is 5.41 Å². The first kappa shape index (κ1) is 46.2. The van der Waals surface area contributed by atoms with Crippen LogP contribution in [-0.4, -0.2) is 85.7 Å². The van der Waals surface area contributed by atoms with E-state index in [2.05, 4.69) is 42.4 Å². The third kappa shape index (κ3) is 14.4. The maximum atomic E-state index is 12.4. The van der Waals surface area contributed by atoms with Crippen LogP contribution in [0.4, 0.5) is 0 Å². The fourth-order valence-corrected chi connectivity index (χ4v) is 9.11. The van der Waals surface area contributed by atoms with Gasteiger partial charge in [0, 0.05) is 36.5 Å². The van der Waals surface area contributed by atoms with Crippen molar-refractivity contribution in [1.82, 2.24) is 10.6 Å². The number of benzene rings is 2. The number of nitrogens with one attached hydrogen (secondary N) is 2. The summed E-state index contributed by atoms with van der Waals surface area (Å²) in [6.07, 6.45) is 14.1. The zero-order valence-electron chi connectivity index (χ0n) is 34.7. The first-order valence-corrected chi connectivity index (χ1v) is 21.5. The molecule has 57 heavy (non-hydrogen) atoms. The van der Waals surface area contributed by atoms with E-state index in [1.807, 2.05) is 49.4 Å². The Balaban J connectivity index is 1.83. The molecule has 8 N–H and O–H groups in total. The number of aliphatic hydroxyl groups is 4. The van der Waals surface area contributed by atoms with Crippen LogP contribution in [0.3, 0.4) is 0 Å². The minimum atomic E-state index is -1.29. The fourth-order valence-electron chi connectivity index (χ4n) is 9.11. The molecule has 0 radical (unpaired) electrons. The largest absolute Gasteiger partial charge is 0.508 e. The summed E-state index contributed by atoms with van der Waals surface area (Å²) < 4.78 is 0. The Morgan fingerprint density at radius 2 is 1.77 bits per heavy atom. The molecule has 2 aromatic carbocycles. The van der Waals surface area contributed by atoms with Crippen molar-refractivity contribution in [2.45, 2.75) is 166 Å². The number of phenolic OH excluding ortho intramolecular Hbond substituents is 1. The van der Waals surface area contributed by atoms with Crippen LogP contribution in [0.1, 0.15) is 134 Å². The summed E-state index contributed by atoms with van der Waals surface area (Å²) in [6.45, 7) is 6.34. The number of hydrogen-bond donors (Lipinski definition) is 8. The number of aryl methyl sites for hydroxylation is 1. The normalized spacial score (nSPS) is 22.6. The van der Waals surface area contributed by atoms with Gasteiger partial charge >= 0.3 is 5.97 Å². The van der Waals surface area contributed by atoms with Gasteiger partial charge < -0.3 is 41.3 Å². The Labute approximate surface area is 341 Å². The number of carboxylic acids is 1. The predicted molar refractivity (Wildman–Crippen MR) is 228 cm³/mol. The van der Waals surface area contributed by atoms with Gasteiger partial charge in [-0.15, -0.1) is 0 Å². The van der Waals surface area contributed by atoms with Crippen LogP contribution in [-0.2, 0) is 17.6 Å². The van der Waals surface area contributed by atoms with E-state index in [0.717, 1.165) is 92.2 Å². The van der Waals surface area contributed by atoms with Crippen molar-refractivity contribution >= 4 is 5.97 Å². The van der Waals surface area contributed by atoms with Gasteiger partial charge in [0.05, 0.1) is 30.8 Å². The highest BCUT2D eigenvalue weighted by Gasteiger charge is 2.42. The van der Waals surface area contributed by atoms with E-state index >= 15 is 0 Å². The SMILES string of the molecule is CCCCC[C@H](O)/C=C/C1=C(\C[C@H](O)CO)[C@H](CCC[C@H](NCC)C2(CC(=O)O)CCCC2)N[C@@H]([C@@](C)(O)Cc2ccc(O)cc2)CC#Cc2ccccc2CC1. The molecule has 2 aromatic rings. The summed E-state index contributed by atoms with van der Waals surface area (Å²) in [5.41, 5.74) is 3.16. The Morgan fingerprint density at radius 1 is 1.04 bits per heavy atom. The van der Waals surface area contributed by atoms with Gasteiger partial charge in [0.25, 0.3) is 0 Å². The molecular formula is C48H70N2O7. The summed E-state index contributed by atoms with van der Waals surface area (Å²) in [5, 5.41) is 72.3. The number of rotatable bonds is 21. The monoisotopic (exact) mass is 787 g/mol. The lowest BCUT2D eigenvalue weighted by atomic mass is 9.73. The molecule has 1 aliphatic carbocycles. The highest BCUT2D eigenvalue weighted by molar-refractivity contribution is 5.68. The molecule has 1 fully saturated rings. The van der Waals surface area contributed by atoms with Crippen molar-refractivity contribution < 1.29 is 35.4 Å². The number of phenols is 1. The molecule has 0 spiro atoms. The minimum Gasteiger partial charge on any atom is -0.508 e. The molecule has 0 aromatic heterocycles. The van der Waals surface area contributed by atoms with Crippen LogP contribution >= 0.6 is 0 Å². The van der Waals surface area contributed by atoms with E-state index in [-0.39, 0.29) is 36.1 Å². The summed E-state index contributed by atoms with van der Waals surface area (Å²) in [7, 11) is 0. The van der Waals surface area contributed by atoms with Crippen molar-refractivity contribution in [3.8, 4) is 17.6 Å². The first-order chi connectivity index (χ1) is 27.4. The van der Waals surface area contributed by atoms with Crippen LogP contribution in [0.5, 0.6) is 5.75 Å². The van der Waals surface area contributed by atoms with Crippen molar-refractivity contribution in [3.05, 3.63) is 88.5 Å². The van der Waals surface area contributed by atoms with E-state index in [4.69, 9.17) is 0 Å². The molecule has 4 rings (SSSR count). The van der Waals surface area contributed by atoms with Gasteiger partial charge in [-0.1, -0.05) is 107 Å². The Kier molecular flexibility index (Phi) is 18.8. The van der Waals surface area contributed by atoms with Gasteiger partial charge in [0.2, 0.25) is 0 Å². The van der Waals surface area contributed by atoms with Gasteiger partial charge in [-0.05, 0) is 111 Å². The van der Waals surface area contributed by atoms with Gasteiger partial charge in [-0.25, -0.2) is 0 Å². The van der Waals surface area contributed by atoms with E-state index in [0.29, 0.717) is 38.5 Å². The molecule has 9 nitrogen and oxygen atoms in total. The third-order valence-electron chi connectivity index (χ3n) is 12.3. The molecular weight excluding hydrogens is 717 g/mol. The van der Waals surface area contributed by atoms with Crippen molar-refractivity contribution in [2.75, 3.05) is 13.2 Å². The molecule has 1 heterocycles. The summed E-state index contributed by atoms with van der Waals surface area (Å²) >= 11 is 0. The zero-order chi connectivity index (χ0) is 41.3. The van der Waals surface area contributed by atoms with Crippen LogP contribution in [0, 0.1) is 17.3 Å². The topological polar surface area (TPSA) is 163 Å². The Bertz CT molecular complexity index is 1650. The quantitative estimate of drug-likeness (QED) is 0.0487. The lowest BCUT2D eigenvalue weighted by Gasteiger charge is -2.39. The molecule has 0 bridgehead atoms. The molecule has 9 heteroatoms. The predicted octanol–water partition coefficient (Wildman–Crippen LogP) is 7.12. The average molecular weight is 787 g/mol. The lowest BCUT2D eigenvalue weighted by molar-refractivity contribution is -0.140. The highest BCUT2D eigenvalue weighted by atomic mass is 16.4. The van der Waals surface area contributed by atoms with Crippen LogP contribution in [0.15, 0.2) is 71.8 Å². The number of aliphatic hydroxyl groups excluding tert-OH is 3. The maximum Gasteiger partial charge on any atom is 0.303 e. The van der Waals surface area contributed by atoms with Gasteiger partial charge in [0.15, 0.2) is 0 Å². The van der Waals surface area contributed by atoms with Crippen LogP contribution in [0.2, 0.25) is 0 Å². The third-order valence-corrected chi connectivity index (χ3v) is 12.3. The van der Waals surface area contributed by atoms with Gasteiger partial charge in [0.1, 0.15) is 5.75 Å². The number of aromatic hydroxyl groups is 1. The standard InChI is InChI=1S/C48H70N2O7/c1-4-6-7-17-39(52)28-25-38-24-23-37-15-9-8-14-36(37)16-12-19-44(47(3,57)32-35-21-26-40(53)27-22-35)50-43(42(38)31-41(54)34-51)18-13-20-45(49-5-2)48(33-46(55)56)29-10-11-30-48/h8-9,14-15,21-22,25-28,39,41,43-45,49-54,57H,4-7,10-11,13,17-20,23-24,29-34H2,1-3H3,(H,55,56)/b28-25+,42-38+/t39-,41-,43-,44+,45-,47-/m0/s1. The second-order valence-electron chi connectivity index (χ2n) is 16.8. The number of hydrogen-bond acceptors (Lipinski definition) is 8. The van der Waals surface area contributed by atoms with Gasteiger partial charge in [-0.3, -0.25) is 4.79 Å². The number of carbonyl (C=O) groups is 1. The van der Waals surface area contributed by atoms with Gasteiger partial charge in [-0.2, -0.15) is 0 Å². The van der Waals surface area contributed by atoms with Crippen LogP contribution < -0.4 is 10.6 Å². The fraction of sp³-hybridized carbons (Fsp3) is 0.604. The van der Waals surface area contributed by atoms with E-state index in [1.165, 1.54) is 0 Å². The number of aliphatic carboxylic acids is 1. The molecule has 314 valence electrons. The maximum absolute atomic E-state index is 12.4. The molecule has 0 amide bonds. The van der Waals surface area contributed by atoms with Crippen LogP contribution in [0.25, 0.3) is 0 Å². The molecule has 1 aliphatic heterocycles. The molecule has 6 atom stereocenters. The average Bonchev–Trinajstić information content (AvgIpc) is 3.65. The minimum absolute atomic E-state index is 0.0243. The number of carboxylic acid groups (broad SMARTS) is 1. The van der Waals surface area contributed by atoms with Crippen molar-refractivity contribution in [1.29, 1.82) is 0 Å². The second kappa shape index (κ2) is 23.2. The van der Waals surface area contributed by atoms with Crippen molar-refractivity contribution in [3.63, 3.8) is 0 Å². The number of unbranched alkanes of at least 4 members (excludes halogenated alkanes) is 2. The Morgan fingerprint density at radius 3 is 2.46 bits per heavy atom. The molecule has 2 aliphatic rings. The number of allylic oxidation sites excluding steroid dienone is 2. The summed E-state index contributed by atoms with van der Waals surface area (Å²) in [5.74, 6) is 6.18. The van der Waals surface area contributed by atoms with E-state index in [9.17, 15) is 35.4 Å². The highest BCUT2D eigenvalue weighted by Crippen LogP contribution is 2.45. The Hall–Kier alpha value is -3.49. The second-order valence-corrected chi connectivity index (χ2v) is 16.8. The summed E-state index contributed by atoms with van der Waals surface area (Å²) in [4.78, 5) is 12.2. The molecule has 0 saturated heterocycles.